The molecule has 0 unspecified atom stereocenters. The summed E-state index contributed by atoms with van der Waals surface area (Å²) in [5, 5.41) is 9.20. The fourth-order valence-corrected chi connectivity index (χ4v) is 2.62. The van der Waals surface area contributed by atoms with E-state index in [1.54, 1.807) is 24.5 Å². The Balaban J connectivity index is 1.84. The van der Waals surface area contributed by atoms with Gasteiger partial charge in [-0.1, -0.05) is 28.1 Å². The largest absolute Gasteiger partial charge is 0.345 e. The number of H-pyrrole nitrogens is 1. The zero-order chi connectivity index (χ0) is 17.8. The SMILES string of the molecule is C[C@@H](NC(=O)c1cc(-c2ccncc2)n[nH]c1=O)c1ccc(Br)cc1. The molecule has 2 heterocycles. The average Bonchev–Trinajstić information content (AvgIpc) is 2.63. The predicted molar refractivity (Wildman–Crippen MR) is 98.1 cm³/mol. The zero-order valence-corrected chi connectivity index (χ0v) is 14.9. The van der Waals surface area contributed by atoms with E-state index in [-0.39, 0.29) is 11.6 Å². The number of amides is 1. The Morgan fingerprint density at radius 2 is 1.84 bits per heavy atom. The fourth-order valence-electron chi connectivity index (χ4n) is 2.35. The molecule has 6 nitrogen and oxygen atoms in total. The molecule has 126 valence electrons. The summed E-state index contributed by atoms with van der Waals surface area (Å²) >= 11 is 3.38. The van der Waals surface area contributed by atoms with Crippen LogP contribution in [0.4, 0.5) is 0 Å². The number of pyridine rings is 1. The number of rotatable bonds is 4. The minimum Gasteiger partial charge on any atom is -0.345 e. The summed E-state index contributed by atoms with van der Waals surface area (Å²) in [6.45, 7) is 1.86. The number of hydrogen-bond donors (Lipinski definition) is 2. The summed E-state index contributed by atoms with van der Waals surface area (Å²) in [4.78, 5) is 28.5. The molecule has 0 bridgehead atoms. The third-order valence-corrected chi connectivity index (χ3v) is 4.27. The molecule has 0 fully saturated rings. The highest BCUT2D eigenvalue weighted by atomic mass is 79.9. The van der Waals surface area contributed by atoms with Crippen LogP contribution in [-0.2, 0) is 0 Å². The molecule has 2 N–H and O–H groups in total. The number of nitrogens with zero attached hydrogens (tertiary/aromatic N) is 2. The van der Waals surface area contributed by atoms with Gasteiger partial charge in [0.1, 0.15) is 5.56 Å². The minimum atomic E-state index is -0.529. The molecule has 0 saturated heterocycles. The summed E-state index contributed by atoms with van der Waals surface area (Å²) in [7, 11) is 0. The van der Waals surface area contributed by atoms with Gasteiger partial charge in [0.05, 0.1) is 11.7 Å². The summed E-state index contributed by atoms with van der Waals surface area (Å²) in [6, 6.07) is 12.4. The van der Waals surface area contributed by atoms with Gasteiger partial charge in [-0.25, -0.2) is 5.10 Å². The van der Waals surface area contributed by atoms with E-state index in [9.17, 15) is 9.59 Å². The van der Waals surface area contributed by atoms with Crippen molar-refractivity contribution in [2.75, 3.05) is 0 Å². The second-order valence-corrected chi connectivity index (χ2v) is 6.39. The van der Waals surface area contributed by atoms with Crippen molar-refractivity contribution in [1.29, 1.82) is 0 Å². The molecule has 3 rings (SSSR count). The number of aromatic amines is 1. The molecule has 0 aliphatic rings. The Bertz CT molecular complexity index is 939. The number of aromatic nitrogens is 3. The Morgan fingerprint density at radius 3 is 2.52 bits per heavy atom. The maximum atomic E-state index is 12.5. The molecule has 0 spiro atoms. The van der Waals surface area contributed by atoms with Gasteiger partial charge in [0.2, 0.25) is 0 Å². The summed E-state index contributed by atoms with van der Waals surface area (Å²) < 4.78 is 0.961. The van der Waals surface area contributed by atoms with Gasteiger partial charge in [0.15, 0.2) is 0 Å². The quantitative estimate of drug-likeness (QED) is 0.706. The standard InChI is InChI=1S/C18H15BrN4O2/c1-11(12-2-4-14(19)5-3-12)21-17(24)15-10-16(22-23-18(15)25)13-6-8-20-9-7-13/h2-11H,1H3,(H,21,24)(H,23,25)/t11-/m1/s1. The van der Waals surface area contributed by atoms with Gasteiger partial charge in [-0.3, -0.25) is 14.6 Å². The number of hydrogen-bond acceptors (Lipinski definition) is 4. The van der Waals surface area contributed by atoms with Gasteiger partial charge >= 0.3 is 0 Å². The van der Waals surface area contributed by atoms with E-state index in [1.165, 1.54) is 6.07 Å². The van der Waals surface area contributed by atoms with Crippen molar-refractivity contribution in [3.8, 4) is 11.3 Å². The highest BCUT2D eigenvalue weighted by Gasteiger charge is 2.16. The number of benzene rings is 1. The van der Waals surface area contributed by atoms with E-state index >= 15 is 0 Å². The number of carbonyl (C=O) groups is 1. The lowest BCUT2D eigenvalue weighted by Gasteiger charge is -2.14. The van der Waals surface area contributed by atoms with E-state index in [0.29, 0.717) is 5.69 Å². The highest BCUT2D eigenvalue weighted by molar-refractivity contribution is 9.10. The van der Waals surface area contributed by atoms with Crippen molar-refractivity contribution < 1.29 is 4.79 Å². The van der Waals surface area contributed by atoms with Gasteiger partial charge < -0.3 is 5.32 Å². The maximum absolute atomic E-state index is 12.5. The Morgan fingerprint density at radius 1 is 1.16 bits per heavy atom. The van der Waals surface area contributed by atoms with E-state index in [2.05, 4.69) is 36.4 Å². The van der Waals surface area contributed by atoms with E-state index in [4.69, 9.17) is 0 Å². The third kappa shape index (κ3) is 4.00. The third-order valence-electron chi connectivity index (χ3n) is 3.74. The van der Waals surface area contributed by atoms with Gasteiger partial charge in [-0.2, -0.15) is 5.10 Å². The van der Waals surface area contributed by atoms with E-state index in [0.717, 1.165) is 15.6 Å². The molecule has 3 aromatic rings. The van der Waals surface area contributed by atoms with Gasteiger partial charge in [0.25, 0.3) is 11.5 Å². The first kappa shape index (κ1) is 17.0. The highest BCUT2D eigenvalue weighted by Crippen LogP contribution is 2.18. The van der Waals surface area contributed by atoms with E-state index < -0.39 is 11.5 Å². The lowest BCUT2D eigenvalue weighted by molar-refractivity contribution is 0.0938. The summed E-state index contributed by atoms with van der Waals surface area (Å²) in [6.07, 6.45) is 3.24. The molecule has 1 amide bonds. The van der Waals surface area contributed by atoms with Crippen LogP contribution in [0.1, 0.15) is 28.9 Å². The van der Waals surface area contributed by atoms with Crippen molar-refractivity contribution in [2.45, 2.75) is 13.0 Å². The van der Waals surface area contributed by atoms with E-state index in [1.807, 2.05) is 31.2 Å². The topological polar surface area (TPSA) is 87.7 Å². The Labute approximate surface area is 152 Å². The van der Waals surface area contributed by atoms with Crippen LogP contribution in [0.15, 0.2) is 64.1 Å². The molecule has 1 aromatic carbocycles. The predicted octanol–water partition coefficient (Wildman–Crippen LogP) is 3.09. The zero-order valence-electron chi connectivity index (χ0n) is 13.4. The van der Waals surface area contributed by atoms with Crippen LogP contribution >= 0.6 is 15.9 Å². The van der Waals surface area contributed by atoms with Crippen LogP contribution in [0.3, 0.4) is 0 Å². The number of halogens is 1. The van der Waals surface area contributed by atoms with Gasteiger partial charge in [0, 0.05) is 22.4 Å². The Kier molecular flexibility index (Phi) is 5.04. The van der Waals surface area contributed by atoms with Crippen molar-refractivity contribution in [3.05, 3.63) is 80.8 Å². The molecule has 0 aliphatic carbocycles. The fraction of sp³-hybridized carbons (Fsp3) is 0.111. The van der Waals surface area contributed by atoms with Crippen LogP contribution in [0.5, 0.6) is 0 Å². The summed E-state index contributed by atoms with van der Waals surface area (Å²) in [5.41, 5.74) is 1.70. The van der Waals surface area contributed by atoms with Gasteiger partial charge in [-0.05, 0) is 42.8 Å². The molecule has 25 heavy (non-hydrogen) atoms. The van der Waals surface area contributed by atoms with Crippen LogP contribution in [0.2, 0.25) is 0 Å². The first-order valence-electron chi connectivity index (χ1n) is 7.61. The summed E-state index contributed by atoms with van der Waals surface area (Å²) in [5.74, 6) is -0.450. The van der Waals surface area contributed by atoms with Crippen molar-refractivity contribution >= 4 is 21.8 Å². The smallest absolute Gasteiger partial charge is 0.277 e. The van der Waals surface area contributed by atoms with Crippen LogP contribution in [-0.4, -0.2) is 21.1 Å². The van der Waals surface area contributed by atoms with Crippen molar-refractivity contribution in [3.63, 3.8) is 0 Å². The van der Waals surface area contributed by atoms with Crippen molar-refractivity contribution in [2.24, 2.45) is 0 Å². The lowest BCUT2D eigenvalue weighted by Crippen LogP contribution is -2.32. The molecule has 0 aliphatic heterocycles. The Hall–Kier alpha value is -2.80. The van der Waals surface area contributed by atoms with Crippen molar-refractivity contribution in [1.82, 2.24) is 20.5 Å². The second-order valence-electron chi connectivity index (χ2n) is 5.48. The van der Waals surface area contributed by atoms with Crippen LogP contribution in [0.25, 0.3) is 11.3 Å². The molecule has 7 heteroatoms. The second kappa shape index (κ2) is 7.40. The maximum Gasteiger partial charge on any atom is 0.277 e. The molecule has 2 aromatic heterocycles. The van der Waals surface area contributed by atoms with Crippen LogP contribution in [0, 0.1) is 0 Å². The molecular weight excluding hydrogens is 384 g/mol. The molecule has 0 saturated carbocycles. The lowest BCUT2D eigenvalue weighted by atomic mass is 10.1. The molecule has 1 atom stereocenters. The number of nitrogens with one attached hydrogen (secondary N) is 2. The van der Waals surface area contributed by atoms with Crippen LogP contribution < -0.4 is 10.9 Å². The number of carbonyl (C=O) groups excluding carboxylic acids is 1. The minimum absolute atomic E-state index is 0.0192. The average molecular weight is 399 g/mol. The van der Waals surface area contributed by atoms with Gasteiger partial charge in [-0.15, -0.1) is 0 Å². The first-order chi connectivity index (χ1) is 12.0. The first-order valence-corrected chi connectivity index (χ1v) is 8.40. The monoisotopic (exact) mass is 398 g/mol. The normalized spacial score (nSPS) is 11.8. The molecule has 0 radical (unpaired) electrons. The molecular formula is C18H15BrN4O2.